The summed E-state index contributed by atoms with van der Waals surface area (Å²) in [6, 6.07) is 7.86. The molecule has 1 atom stereocenters. The lowest BCUT2D eigenvalue weighted by Crippen LogP contribution is -2.20. The van der Waals surface area contributed by atoms with Crippen LogP contribution in [0.5, 0.6) is 0 Å². The van der Waals surface area contributed by atoms with Crippen LogP contribution in [0.3, 0.4) is 0 Å². The molecule has 1 aromatic rings. The lowest BCUT2D eigenvalue weighted by molar-refractivity contribution is -0.119. The Kier molecular flexibility index (Phi) is 6.06. The van der Waals surface area contributed by atoms with E-state index in [-0.39, 0.29) is 11.8 Å². The van der Waals surface area contributed by atoms with Crippen LogP contribution in [0.15, 0.2) is 24.3 Å². The minimum atomic E-state index is 0.0718. The van der Waals surface area contributed by atoms with E-state index in [0.29, 0.717) is 5.88 Å². The maximum absolute atomic E-state index is 11.8. The molecule has 1 rings (SSSR count). The van der Waals surface area contributed by atoms with Gasteiger partial charge in [-0.3, -0.25) is 4.79 Å². The third-order valence-corrected chi connectivity index (χ3v) is 2.96. The van der Waals surface area contributed by atoms with Crippen molar-refractivity contribution in [1.82, 2.24) is 0 Å². The van der Waals surface area contributed by atoms with Crippen molar-refractivity contribution >= 4 is 23.2 Å². The van der Waals surface area contributed by atoms with Crippen LogP contribution >= 0.6 is 11.6 Å². The molecular formula is C14H20ClNO. The van der Waals surface area contributed by atoms with Crippen LogP contribution in [0.4, 0.5) is 5.69 Å². The first-order chi connectivity index (χ1) is 8.17. The van der Waals surface area contributed by atoms with Gasteiger partial charge < -0.3 is 5.32 Å². The number of carbonyl (C=O) groups is 1. The van der Waals surface area contributed by atoms with Gasteiger partial charge in [-0.05, 0) is 30.5 Å². The zero-order valence-corrected chi connectivity index (χ0v) is 11.3. The Hall–Kier alpha value is -1.02. The molecule has 0 spiro atoms. The molecule has 1 unspecified atom stereocenters. The molecule has 0 aliphatic carbocycles. The highest BCUT2D eigenvalue weighted by atomic mass is 35.5. The number of benzene rings is 1. The number of anilines is 1. The molecule has 0 heterocycles. The van der Waals surface area contributed by atoms with E-state index in [4.69, 9.17) is 11.6 Å². The van der Waals surface area contributed by atoms with Gasteiger partial charge in [0.05, 0.1) is 0 Å². The maximum Gasteiger partial charge on any atom is 0.227 e. The topological polar surface area (TPSA) is 29.1 Å². The van der Waals surface area contributed by atoms with Gasteiger partial charge >= 0.3 is 0 Å². The van der Waals surface area contributed by atoms with Gasteiger partial charge in [-0.15, -0.1) is 11.6 Å². The summed E-state index contributed by atoms with van der Waals surface area (Å²) in [6.45, 7) is 4.05. The van der Waals surface area contributed by atoms with E-state index in [1.807, 2.05) is 31.2 Å². The summed E-state index contributed by atoms with van der Waals surface area (Å²) < 4.78 is 0. The van der Waals surface area contributed by atoms with E-state index in [9.17, 15) is 4.79 Å². The number of nitrogens with one attached hydrogen (secondary N) is 1. The Morgan fingerprint density at radius 2 is 2.00 bits per heavy atom. The van der Waals surface area contributed by atoms with Crippen LogP contribution in [0.2, 0.25) is 0 Å². The number of amides is 1. The molecule has 0 aliphatic heterocycles. The predicted octanol–water partition coefficient (Wildman–Crippen LogP) is 3.84. The van der Waals surface area contributed by atoms with Crippen molar-refractivity contribution in [3.63, 3.8) is 0 Å². The minimum absolute atomic E-state index is 0.0718. The highest BCUT2D eigenvalue weighted by Gasteiger charge is 2.11. The minimum Gasteiger partial charge on any atom is -0.326 e. The van der Waals surface area contributed by atoms with Crippen molar-refractivity contribution in [2.45, 2.75) is 33.1 Å². The average molecular weight is 254 g/mol. The Bertz CT molecular complexity index is 348. The van der Waals surface area contributed by atoms with E-state index in [0.717, 1.165) is 24.9 Å². The first kappa shape index (κ1) is 14.0. The quantitative estimate of drug-likeness (QED) is 0.767. The molecule has 0 aromatic heterocycles. The van der Waals surface area contributed by atoms with Crippen molar-refractivity contribution in [2.24, 2.45) is 5.92 Å². The van der Waals surface area contributed by atoms with Crippen LogP contribution in [0.25, 0.3) is 0 Å². The summed E-state index contributed by atoms with van der Waals surface area (Å²) in [4.78, 5) is 11.8. The molecule has 94 valence electrons. The van der Waals surface area contributed by atoms with Crippen LogP contribution in [-0.2, 0) is 11.2 Å². The molecule has 1 aromatic carbocycles. The van der Waals surface area contributed by atoms with Crippen LogP contribution in [0, 0.1) is 5.92 Å². The third kappa shape index (κ3) is 4.78. The standard InChI is InChI=1S/C14H20ClNO/c1-3-4-11(2)14(17)16-13-7-5-12(6-8-13)9-10-15/h5-8,11H,3-4,9-10H2,1-2H3,(H,16,17). The normalized spacial score (nSPS) is 12.2. The van der Waals surface area contributed by atoms with E-state index in [1.165, 1.54) is 5.56 Å². The Morgan fingerprint density at radius 1 is 1.35 bits per heavy atom. The Balaban J connectivity index is 2.53. The molecule has 17 heavy (non-hydrogen) atoms. The molecule has 0 bridgehead atoms. The van der Waals surface area contributed by atoms with Gasteiger partial charge in [0, 0.05) is 17.5 Å². The lowest BCUT2D eigenvalue weighted by Gasteiger charge is -2.11. The van der Waals surface area contributed by atoms with E-state index >= 15 is 0 Å². The van der Waals surface area contributed by atoms with Crippen molar-refractivity contribution < 1.29 is 4.79 Å². The Morgan fingerprint density at radius 3 is 2.53 bits per heavy atom. The number of alkyl halides is 1. The zero-order valence-electron chi connectivity index (χ0n) is 10.5. The molecule has 3 heteroatoms. The molecule has 2 nitrogen and oxygen atoms in total. The second-order valence-corrected chi connectivity index (χ2v) is 4.69. The van der Waals surface area contributed by atoms with Gasteiger partial charge in [0.15, 0.2) is 0 Å². The molecule has 0 fully saturated rings. The number of aryl methyl sites for hydroxylation is 1. The summed E-state index contributed by atoms with van der Waals surface area (Å²) in [5.74, 6) is 0.790. The number of hydrogen-bond acceptors (Lipinski definition) is 1. The fourth-order valence-electron chi connectivity index (χ4n) is 1.69. The van der Waals surface area contributed by atoms with E-state index < -0.39 is 0 Å². The molecule has 0 aliphatic rings. The van der Waals surface area contributed by atoms with Crippen LogP contribution in [-0.4, -0.2) is 11.8 Å². The van der Waals surface area contributed by atoms with Gasteiger partial charge in [0.1, 0.15) is 0 Å². The summed E-state index contributed by atoms with van der Waals surface area (Å²) in [7, 11) is 0. The monoisotopic (exact) mass is 253 g/mol. The molecule has 1 amide bonds. The summed E-state index contributed by atoms with van der Waals surface area (Å²) >= 11 is 5.67. The maximum atomic E-state index is 11.8. The lowest BCUT2D eigenvalue weighted by atomic mass is 10.1. The summed E-state index contributed by atoms with van der Waals surface area (Å²) in [6.07, 6.45) is 2.82. The van der Waals surface area contributed by atoms with E-state index in [1.54, 1.807) is 0 Å². The average Bonchev–Trinajstić information content (AvgIpc) is 2.32. The number of carbonyl (C=O) groups excluding carboxylic acids is 1. The number of hydrogen-bond donors (Lipinski definition) is 1. The molecular weight excluding hydrogens is 234 g/mol. The van der Waals surface area contributed by atoms with Gasteiger partial charge in [-0.25, -0.2) is 0 Å². The molecule has 1 N–H and O–H groups in total. The van der Waals surface area contributed by atoms with Crippen LogP contribution in [0.1, 0.15) is 32.3 Å². The summed E-state index contributed by atoms with van der Waals surface area (Å²) in [5.41, 5.74) is 2.05. The predicted molar refractivity (Wildman–Crippen MR) is 73.6 cm³/mol. The highest BCUT2D eigenvalue weighted by molar-refractivity contribution is 6.17. The first-order valence-electron chi connectivity index (χ1n) is 6.13. The van der Waals surface area contributed by atoms with E-state index in [2.05, 4.69) is 12.2 Å². The SMILES string of the molecule is CCCC(C)C(=O)Nc1ccc(CCCl)cc1. The second-order valence-electron chi connectivity index (χ2n) is 4.31. The molecule has 0 saturated carbocycles. The number of rotatable bonds is 6. The van der Waals surface area contributed by atoms with Crippen molar-refractivity contribution in [3.05, 3.63) is 29.8 Å². The summed E-state index contributed by atoms with van der Waals surface area (Å²) in [5, 5.41) is 2.92. The van der Waals surface area contributed by atoms with Gasteiger partial charge in [-0.2, -0.15) is 0 Å². The van der Waals surface area contributed by atoms with Crippen LogP contribution < -0.4 is 5.32 Å². The van der Waals surface area contributed by atoms with Crippen molar-refractivity contribution in [1.29, 1.82) is 0 Å². The fraction of sp³-hybridized carbons (Fsp3) is 0.500. The smallest absolute Gasteiger partial charge is 0.227 e. The number of halogens is 1. The van der Waals surface area contributed by atoms with Gasteiger partial charge in [0.25, 0.3) is 0 Å². The van der Waals surface area contributed by atoms with Crippen molar-refractivity contribution in [3.8, 4) is 0 Å². The van der Waals surface area contributed by atoms with Crippen molar-refractivity contribution in [2.75, 3.05) is 11.2 Å². The second kappa shape index (κ2) is 7.33. The zero-order chi connectivity index (χ0) is 12.7. The fourth-order valence-corrected chi connectivity index (χ4v) is 1.91. The van der Waals surface area contributed by atoms with Gasteiger partial charge in [-0.1, -0.05) is 32.4 Å². The largest absolute Gasteiger partial charge is 0.326 e. The molecule has 0 radical (unpaired) electrons. The Labute approximate surface area is 108 Å². The third-order valence-electron chi connectivity index (χ3n) is 2.77. The first-order valence-corrected chi connectivity index (χ1v) is 6.66. The highest BCUT2D eigenvalue weighted by Crippen LogP contribution is 2.13. The molecule has 0 saturated heterocycles. The van der Waals surface area contributed by atoms with Gasteiger partial charge in [0.2, 0.25) is 5.91 Å².